The smallest absolute Gasteiger partial charge is 0.251 e. The normalized spacial score (nSPS) is 16.8. The second-order valence-electron chi connectivity index (χ2n) is 6.26. The fourth-order valence-corrected chi connectivity index (χ4v) is 2.85. The zero-order valence-electron chi connectivity index (χ0n) is 14.4. The summed E-state index contributed by atoms with van der Waals surface area (Å²) in [6, 6.07) is 16.1. The van der Waals surface area contributed by atoms with E-state index in [9.17, 15) is 14.7 Å². The highest BCUT2D eigenvalue weighted by Gasteiger charge is 2.22. The van der Waals surface area contributed by atoms with Crippen molar-refractivity contribution in [2.45, 2.75) is 18.9 Å². The summed E-state index contributed by atoms with van der Waals surface area (Å²) >= 11 is 0. The molecule has 0 aromatic heterocycles. The molecule has 2 aromatic rings. The van der Waals surface area contributed by atoms with Crippen molar-refractivity contribution in [1.82, 2.24) is 10.2 Å². The molecule has 0 radical (unpaired) electrons. The van der Waals surface area contributed by atoms with Crippen LogP contribution in [0.3, 0.4) is 0 Å². The fraction of sp³-hybridized carbons (Fsp3) is 0.300. The van der Waals surface area contributed by atoms with Gasteiger partial charge in [-0.3, -0.25) is 9.59 Å². The predicted molar refractivity (Wildman–Crippen MR) is 97.1 cm³/mol. The van der Waals surface area contributed by atoms with E-state index in [-0.39, 0.29) is 18.4 Å². The first-order chi connectivity index (χ1) is 12.6. The zero-order chi connectivity index (χ0) is 18.4. The molecule has 1 fully saturated rings. The van der Waals surface area contributed by atoms with Crippen molar-refractivity contribution in [3.05, 3.63) is 60.2 Å². The van der Waals surface area contributed by atoms with Gasteiger partial charge in [-0.25, -0.2) is 0 Å². The quantitative estimate of drug-likeness (QED) is 0.863. The molecule has 0 spiro atoms. The monoisotopic (exact) mass is 354 g/mol. The van der Waals surface area contributed by atoms with Crippen LogP contribution in [0.1, 0.15) is 23.2 Å². The number of carbonyl (C=O) groups excluding carboxylic acids is 2. The molecule has 1 heterocycles. The van der Waals surface area contributed by atoms with E-state index in [1.165, 1.54) is 0 Å². The topological polar surface area (TPSA) is 78.9 Å². The standard InChI is InChI=1S/C20H22N2O4/c23-16-5-4-12-22(14-16)19(24)13-21-20(25)15-8-10-18(11-9-15)26-17-6-2-1-3-7-17/h1-3,6-11,16,23H,4-5,12-14H2,(H,21,25)/t16-/m1/s1. The van der Waals surface area contributed by atoms with Gasteiger partial charge in [-0.2, -0.15) is 0 Å². The van der Waals surface area contributed by atoms with E-state index in [0.29, 0.717) is 30.8 Å². The van der Waals surface area contributed by atoms with E-state index in [2.05, 4.69) is 5.32 Å². The summed E-state index contributed by atoms with van der Waals surface area (Å²) in [4.78, 5) is 25.9. The predicted octanol–water partition coefficient (Wildman–Crippen LogP) is 2.19. The first kappa shape index (κ1) is 17.9. The summed E-state index contributed by atoms with van der Waals surface area (Å²) < 4.78 is 5.68. The van der Waals surface area contributed by atoms with E-state index in [1.54, 1.807) is 29.2 Å². The number of hydrogen-bond acceptors (Lipinski definition) is 4. The number of likely N-dealkylation sites (tertiary alicyclic amines) is 1. The molecule has 1 aliphatic rings. The largest absolute Gasteiger partial charge is 0.457 e. The highest BCUT2D eigenvalue weighted by molar-refractivity contribution is 5.96. The first-order valence-corrected chi connectivity index (χ1v) is 8.69. The number of aliphatic hydroxyl groups excluding tert-OH is 1. The average molecular weight is 354 g/mol. The van der Waals surface area contributed by atoms with Gasteiger partial charge in [-0.05, 0) is 49.2 Å². The lowest BCUT2D eigenvalue weighted by atomic mass is 10.1. The lowest BCUT2D eigenvalue weighted by molar-refractivity contribution is -0.133. The maximum Gasteiger partial charge on any atom is 0.251 e. The molecule has 1 atom stereocenters. The minimum atomic E-state index is -0.472. The molecule has 0 bridgehead atoms. The molecule has 136 valence electrons. The van der Waals surface area contributed by atoms with Crippen LogP contribution in [0.15, 0.2) is 54.6 Å². The van der Waals surface area contributed by atoms with Gasteiger partial charge in [0.15, 0.2) is 0 Å². The van der Waals surface area contributed by atoms with Crippen LogP contribution in [0.4, 0.5) is 0 Å². The van der Waals surface area contributed by atoms with Gasteiger partial charge in [0, 0.05) is 18.7 Å². The number of benzene rings is 2. The molecule has 0 unspecified atom stereocenters. The summed E-state index contributed by atoms with van der Waals surface area (Å²) in [5.41, 5.74) is 0.455. The Morgan fingerprint density at radius 2 is 1.77 bits per heavy atom. The molecular weight excluding hydrogens is 332 g/mol. The fourth-order valence-electron chi connectivity index (χ4n) is 2.85. The summed E-state index contributed by atoms with van der Waals surface area (Å²) in [5.74, 6) is 0.855. The average Bonchev–Trinajstić information content (AvgIpc) is 2.67. The van der Waals surface area contributed by atoms with Gasteiger partial charge in [-0.15, -0.1) is 0 Å². The summed E-state index contributed by atoms with van der Waals surface area (Å²) in [6.07, 6.45) is 1.03. The number of aliphatic hydroxyl groups is 1. The maximum atomic E-state index is 12.2. The molecular formula is C20H22N2O4. The zero-order valence-corrected chi connectivity index (χ0v) is 14.4. The summed E-state index contributed by atoms with van der Waals surface area (Å²) in [6.45, 7) is 0.880. The van der Waals surface area contributed by atoms with Gasteiger partial charge in [0.1, 0.15) is 11.5 Å². The number of para-hydroxylation sites is 1. The number of amides is 2. The van der Waals surface area contributed by atoms with Crippen LogP contribution in [0, 0.1) is 0 Å². The van der Waals surface area contributed by atoms with Gasteiger partial charge < -0.3 is 20.1 Å². The van der Waals surface area contributed by atoms with Crippen molar-refractivity contribution in [1.29, 1.82) is 0 Å². The van der Waals surface area contributed by atoms with Crippen LogP contribution >= 0.6 is 0 Å². The van der Waals surface area contributed by atoms with Gasteiger partial charge in [-0.1, -0.05) is 18.2 Å². The minimum absolute atomic E-state index is 0.0756. The Kier molecular flexibility index (Phi) is 5.86. The van der Waals surface area contributed by atoms with Gasteiger partial charge >= 0.3 is 0 Å². The Hall–Kier alpha value is -2.86. The second-order valence-corrected chi connectivity index (χ2v) is 6.26. The molecule has 2 aromatic carbocycles. The van der Waals surface area contributed by atoms with Crippen molar-refractivity contribution < 1.29 is 19.4 Å². The number of ether oxygens (including phenoxy) is 1. The number of piperidine rings is 1. The lowest BCUT2D eigenvalue weighted by Gasteiger charge is -2.30. The van der Waals surface area contributed by atoms with Crippen molar-refractivity contribution in [3.8, 4) is 11.5 Å². The number of β-amino-alcohol motifs (C(OH)–C–C–N with tert-alkyl or cyclic N) is 1. The lowest BCUT2D eigenvalue weighted by Crippen LogP contribution is -2.46. The first-order valence-electron chi connectivity index (χ1n) is 8.69. The second kappa shape index (κ2) is 8.49. The van der Waals surface area contributed by atoms with Crippen LogP contribution in [0.25, 0.3) is 0 Å². The number of hydrogen-bond donors (Lipinski definition) is 2. The Balaban J connectivity index is 1.51. The maximum absolute atomic E-state index is 12.2. The van der Waals surface area contributed by atoms with Crippen molar-refractivity contribution in [2.24, 2.45) is 0 Å². The number of carbonyl (C=O) groups is 2. The van der Waals surface area contributed by atoms with Gasteiger partial charge in [0.2, 0.25) is 5.91 Å². The van der Waals surface area contributed by atoms with Gasteiger partial charge in [0.25, 0.3) is 5.91 Å². The third-order valence-corrected chi connectivity index (χ3v) is 4.24. The molecule has 1 saturated heterocycles. The highest BCUT2D eigenvalue weighted by Crippen LogP contribution is 2.21. The molecule has 3 rings (SSSR count). The Morgan fingerprint density at radius 1 is 1.08 bits per heavy atom. The van der Waals surface area contributed by atoms with E-state index >= 15 is 0 Å². The summed E-state index contributed by atoms with van der Waals surface area (Å²) in [5, 5.41) is 12.2. The van der Waals surface area contributed by atoms with Crippen LogP contribution < -0.4 is 10.1 Å². The van der Waals surface area contributed by atoms with Crippen LogP contribution in [0.2, 0.25) is 0 Å². The van der Waals surface area contributed by atoms with Crippen molar-refractivity contribution in [3.63, 3.8) is 0 Å². The van der Waals surface area contributed by atoms with Crippen LogP contribution in [0.5, 0.6) is 11.5 Å². The molecule has 0 aliphatic carbocycles. The molecule has 1 aliphatic heterocycles. The third-order valence-electron chi connectivity index (χ3n) is 4.24. The number of nitrogens with zero attached hydrogens (tertiary/aromatic N) is 1. The number of rotatable bonds is 5. The van der Waals surface area contributed by atoms with E-state index < -0.39 is 6.10 Å². The SMILES string of the molecule is O=C(NCC(=O)N1CCC[C@@H](O)C1)c1ccc(Oc2ccccc2)cc1. The van der Waals surface area contributed by atoms with Crippen molar-refractivity contribution in [2.75, 3.05) is 19.6 Å². The third kappa shape index (κ3) is 4.83. The van der Waals surface area contributed by atoms with Crippen LogP contribution in [-0.4, -0.2) is 47.6 Å². The van der Waals surface area contributed by atoms with Gasteiger partial charge in [0.05, 0.1) is 12.6 Å². The van der Waals surface area contributed by atoms with E-state index in [1.807, 2.05) is 30.3 Å². The Bertz CT molecular complexity index is 746. The summed E-state index contributed by atoms with van der Waals surface area (Å²) in [7, 11) is 0. The van der Waals surface area contributed by atoms with Crippen molar-refractivity contribution >= 4 is 11.8 Å². The van der Waals surface area contributed by atoms with E-state index in [4.69, 9.17) is 4.74 Å². The molecule has 26 heavy (non-hydrogen) atoms. The molecule has 2 amide bonds. The highest BCUT2D eigenvalue weighted by atomic mass is 16.5. The molecule has 2 N–H and O–H groups in total. The van der Waals surface area contributed by atoms with E-state index in [0.717, 1.165) is 12.2 Å². The minimum Gasteiger partial charge on any atom is -0.457 e. The molecule has 6 nitrogen and oxygen atoms in total. The van der Waals surface area contributed by atoms with Crippen LogP contribution in [-0.2, 0) is 4.79 Å². The number of nitrogens with one attached hydrogen (secondary N) is 1. The molecule has 6 heteroatoms. The molecule has 0 saturated carbocycles. The Labute approximate surface area is 152 Å². The Morgan fingerprint density at radius 3 is 2.46 bits per heavy atom.